The van der Waals surface area contributed by atoms with Gasteiger partial charge >= 0.3 is 0 Å². The van der Waals surface area contributed by atoms with Crippen molar-refractivity contribution in [3.05, 3.63) is 51.5 Å². The molecule has 0 spiro atoms. The van der Waals surface area contributed by atoms with Crippen LogP contribution in [0.1, 0.15) is 6.92 Å². The third kappa shape index (κ3) is 2.49. The van der Waals surface area contributed by atoms with Crippen molar-refractivity contribution in [3.8, 4) is 11.4 Å². The van der Waals surface area contributed by atoms with Gasteiger partial charge in [-0.2, -0.15) is 0 Å². The first-order valence-corrected chi connectivity index (χ1v) is 7.64. The molecule has 0 saturated carbocycles. The number of ether oxygens (including phenoxy) is 1. The van der Waals surface area contributed by atoms with Crippen molar-refractivity contribution in [1.82, 2.24) is 9.55 Å². The molecule has 0 aliphatic rings. The molecular weight excluding hydrogens is 355 g/mol. The lowest BCUT2D eigenvalue weighted by molar-refractivity contribution is 0.343. The van der Waals surface area contributed by atoms with Crippen LogP contribution in [0.5, 0.6) is 5.75 Å². The molecule has 0 aliphatic carbocycles. The van der Waals surface area contributed by atoms with Crippen molar-refractivity contribution >= 4 is 39.2 Å². The van der Waals surface area contributed by atoms with Crippen LogP contribution in [0, 0.1) is 10.6 Å². The summed E-state index contributed by atoms with van der Waals surface area (Å²) in [5, 5.41) is 0. The molecule has 1 aromatic heterocycles. The van der Waals surface area contributed by atoms with Gasteiger partial charge in [-0.25, -0.2) is 4.39 Å². The number of nitrogens with zero attached hydrogens (tertiary/aromatic N) is 1. The Morgan fingerprint density at radius 3 is 2.90 bits per heavy atom. The van der Waals surface area contributed by atoms with E-state index in [1.165, 1.54) is 12.1 Å². The van der Waals surface area contributed by atoms with Gasteiger partial charge in [0.15, 0.2) is 4.77 Å². The highest BCUT2D eigenvalue weighted by atomic mass is 79.9. The summed E-state index contributed by atoms with van der Waals surface area (Å²) in [4.78, 5) is 3.14. The summed E-state index contributed by atoms with van der Waals surface area (Å²) in [6.07, 6.45) is 0. The first-order valence-electron chi connectivity index (χ1n) is 6.43. The van der Waals surface area contributed by atoms with Gasteiger partial charge in [0, 0.05) is 4.47 Å². The van der Waals surface area contributed by atoms with Crippen molar-refractivity contribution in [1.29, 1.82) is 0 Å². The van der Waals surface area contributed by atoms with E-state index in [1.54, 1.807) is 10.6 Å². The number of fused-ring (bicyclic) bond motifs is 1. The second-order valence-corrected chi connectivity index (χ2v) is 5.69. The Morgan fingerprint density at radius 2 is 2.14 bits per heavy atom. The number of halogens is 2. The molecule has 21 heavy (non-hydrogen) atoms. The minimum Gasteiger partial charge on any atom is -0.492 e. The second-order valence-electron chi connectivity index (χ2n) is 4.44. The van der Waals surface area contributed by atoms with Gasteiger partial charge in [-0.1, -0.05) is 6.07 Å². The van der Waals surface area contributed by atoms with Gasteiger partial charge in [0.05, 0.1) is 17.8 Å². The van der Waals surface area contributed by atoms with Crippen molar-refractivity contribution in [2.45, 2.75) is 6.92 Å². The summed E-state index contributed by atoms with van der Waals surface area (Å²) in [5.41, 5.74) is 2.30. The van der Waals surface area contributed by atoms with E-state index < -0.39 is 0 Å². The molecule has 0 bridgehead atoms. The zero-order chi connectivity index (χ0) is 15.0. The van der Waals surface area contributed by atoms with E-state index in [9.17, 15) is 4.39 Å². The van der Waals surface area contributed by atoms with Crippen LogP contribution in [-0.4, -0.2) is 16.2 Å². The average molecular weight is 367 g/mol. The van der Waals surface area contributed by atoms with Gasteiger partial charge in [-0.3, -0.25) is 4.57 Å². The fourth-order valence-corrected chi connectivity index (χ4v) is 3.00. The Kier molecular flexibility index (Phi) is 3.82. The number of aromatic nitrogens is 2. The zero-order valence-corrected chi connectivity index (χ0v) is 13.6. The van der Waals surface area contributed by atoms with Crippen LogP contribution in [0.4, 0.5) is 4.39 Å². The highest BCUT2D eigenvalue weighted by molar-refractivity contribution is 9.10. The van der Waals surface area contributed by atoms with Crippen LogP contribution < -0.4 is 4.74 Å². The van der Waals surface area contributed by atoms with E-state index in [-0.39, 0.29) is 5.82 Å². The third-order valence-electron chi connectivity index (χ3n) is 3.13. The van der Waals surface area contributed by atoms with Crippen LogP contribution in [0.15, 0.2) is 40.9 Å². The van der Waals surface area contributed by atoms with Gasteiger partial charge in [-0.15, -0.1) is 0 Å². The molecule has 6 heteroatoms. The second kappa shape index (κ2) is 5.61. The van der Waals surface area contributed by atoms with Crippen LogP contribution in [-0.2, 0) is 0 Å². The van der Waals surface area contributed by atoms with E-state index in [0.29, 0.717) is 17.1 Å². The molecule has 0 fully saturated rings. The fraction of sp³-hybridized carbons (Fsp3) is 0.133. The zero-order valence-electron chi connectivity index (χ0n) is 11.2. The molecule has 0 aliphatic heterocycles. The van der Waals surface area contributed by atoms with Gasteiger partial charge in [0.1, 0.15) is 17.1 Å². The molecule has 1 heterocycles. The minimum atomic E-state index is -0.314. The number of benzene rings is 2. The molecule has 0 unspecified atom stereocenters. The Balaban J connectivity index is 2.33. The Hall–Kier alpha value is -1.66. The molecule has 3 nitrogen and oxygen atoms in total. The van der Waals surface area contributed by atoms with E-state index in [0.717, 1.165) is 21.3 Å². The summed E-state index contributed by atoms with van der Waals surface area (Å²) in [6, 6.07) is 10.2. The molecule has 0 saturated heterocycles. The lowest BCUT2D eigenvalue weighted by Gasteiger charge is -2.08. The average Bonchev–Trinajstić information content (AvgIpc) is 2.79. The van der Waals surface area contributed by atoms with Crippen molar-refractivity contribution in [3.63, 3.8) is 0 Å². The highest BCUT2D eigenvalue weighted by Gasteiger charge is 2.13. The van der Waals surface area contributed by atoms with E-state index in [4.69, 9.17) is 17.0 Å². The first-order chi connectivity index (χ1) is 10.1. The maximum absolute atomic E-state index is 13.6. The summed E-state index contributed by atoms with van der Waals surface area (Å²) in [7, 11) is 0. The lowest BCUT2D eigenvalue weighted by atomic mass is 10.2. The Labute approximate surface area is 134 Å². The molecule has 0 atom stereocenters. The van der Waals surface area contributed by atoms with Gasteiger partial charge in [-0.05, 0) is 65.4 Å². The van der Waals surface area contributed by atoms with Crippen LogP contribution in [0.3, 0.4) is 0 Å². The van der Waals surface area contributed by atoms with E-state index >= 15 is 0 Å². The fourth-order valence-electron chi connectivity index (χ4n) is 2.28. The SMILES string of the molecule is CCOc1cccc2c1[nH]c(=S)n2-c1cc(F)ccc1Br. The summed E-state index contributed by atoms with van der Waals surface area (Å²) in [5.74, 6) is 0.415. The molecule has 0 amide bonds. The molecule has 3 rings (SSSR count). The number of aromatic amines is 1. The van der Waals surface area contributed by atoms with E-state index in [1.807, 2.05) is 25.1 Å². The predicted molar refractivity (Wildman–Crippen MR) is 87.3 cm³/mol. The molecule has 1 N–H and O–H groups in total. The number of hydrogen-bond acceptors (Lipinski definition) is 2. The van der Waals surface area contributed by atoms with Gasteiger partial charge < -0.3 is 9.72 Å². The lowest BCUT2D eigenvalue weighted by Crippen LogP contribution is -1.96. The molecule has 0 radical (unpaired) electrons. The smallest absolute Gasteiger partial charge is 0.182 e. The van der Waals surface area contributed by atoms with Crippen LogP contribution in [0.2, 0.25) is 0 Å². The van der Waals surface area contributed by atoms with Crippen LogP contribution >= 0.6 is 28.1 Å². The normalized spacial score (nSPS) is 11.0. The number of hydrogen-bond donors (Lipinski definition) is 1. The standard InChI is InChI=1S/C15H12BrFN2OS/c1-2-20-13-5-3-4-11-14(13)18-15(21)19(11)12-8-9(17)6-7-10(12)16/h3-8H,2H2,1H3,(H,18,21). The maximum Gasteiger partial charge on any atom is 0.182 e. The summed E-state index contributed by atoms with van der Waals surface area (Å²) < 4.78 is 22.2. The van der Waals surface area contributed by atoms with Crippen molar-refractivity contribution < 1.29 is 9.13 Å². The largest absolute Gasteiger partial charge is 0.492 e. The van der Waals surface area contributed by atoms with Crippen molar-refractivity contribution in [2.24, 2.45) is 0 Å². The molecule has 3 aromatic rings. The number of rotatable bonds is 3. The molecular formula is C15H12BrFN2OS. The number of nitrogens with one attached hydrogen (secondary N) is 1. The number of H-pyrrole nitrogens is 1. The molecule has 108 valence electrons. The van der Waals surface area contributed by atoms with E-state index in [2.05, 4.69) is 20.9 Å². The minimum absolute atomic E-state index is 0.314. The Morgan fingerprint density at radius 1 is 1.33 bits per heavy atom. The summed E-state index contributed by atoms with van der Waals surface area (Å²) in [6.45, 7) is 2.49. The maximum atomic E-state index is 13.6. The molecule has 2 aromatic carbocycles. The van der Waals surface area contributed by atoms with Crippen molar-refractivity contribution in [2.75, 3.05) is 6.61 Å². The quantitative estimate of drug-likeness (QED) is 0.661. The first kappa shape index (κ1) is 14.3. The predicted octanol–water partition coefficient (Wildman–Crippen LogP) is 4.99. The van der Waals surface area contributed by atoms with Gasteiger partial charge in [0.2, 0.25) is 0 Å². The topological polar surface area (TPSA) is 29.9 Å². The van der Waals surface area contributed by atoms with Gasteiger partial charge in [0.25, 0.3) is 0 Å². The van der Waals surface area contributed by atoms with Crippen LogP contribution in [0.25, 0.3) is 16.7 Å². The number of imidazole rings is 1. The Bertz CT molecular complexity index is 872. The monoisotopic (exact) mass is 366 g/mol. The number of para-hydroxylation sites is 1. The highest BCUT2D eigenvalue weighted by Crippen LogP contribution is 2.30. The third-order valence-corrected chi connectivity index (χ3v) is 4.08. The summed E-state index contributed by atoms with van der Waals surface area (Å²) >= 11 is 8.83.